The summed E-state index contributed by atoms with van der Waals surface area (Å²) in [6, 6.07) is 21.4. The second-order valence-corrected chi connectivity index (χ2v) is 15.9. The molecule has 0 spiro atoms. The number of rotatable bonds is 19. The normalized spacial score (nSPS) is 21.8. The second-order valence-electron chi connectivity index (χ2n) is 15.9. The van der Waals surface area contributed by atoms with E-state index < -0.39 is 37.3 Å². The summed E-state index contributed by atoms with van der Waals surface area (Å²) in [4.78, 5) is 16.4. The summed E-state index contributed by atoms with van der Waals surface area (Å²) in [5, 5.41) is 47.9. The van der Waals surface area contributed by atoms with Gasteiger partial charge in [-0.3, -0.25) is 13.8 Å². The first-order valence-corrected chi connectivity index (χ1v) is 20.9. The number of para-hydroxylation sites is 2. The van der Waals surface area contributed by atoms with Crippen LogP contribution in [0.3, 0.4) is 0 Å². The number of nitrogens with zero attached hydrogens (tertiary/aromatic N) is 6. The SMILES string of the molecule is O=c1n(CCCCCn2cc(CCCO[C@@H]3O[C@H](CO)[C@@H](O)[C@H](O)[C@@H]3O)nn2)c2ccccc2n1C1CCN(CCCC(c2ccc(F)cc2)c2ccc(F)cc2)CC1. The number of aryl methyl sites for hydroxylation is 3. The molecule has 7 rings (SSSR count). The van der Waals surface area contributed by atoms with Crippen molar-refractivity contribution in [2.24, 2.45) is 0 Å². The Labute approximate surface area is 342 Å². The Kier molecular flexibility index (Phi) is 14.7. The molecule has 0 aliphatic carbocycles. The third-order valence-corrected chi connectivity index (χ3v) is 11.9. The summed E-state index contributed by atoms with van der Waals surface area (Å²) < 4.78 is 44.1. The lowest BCUT2D eigenvalue weighted by Crippen LogP contribution is -2.59. The van der Waals surface area contributed by atoms with Crippen molar-refractivity contribution in [3.63, 3.8) is 0 Å². The Bertz CT molecular complexity index is 2070. The number of hydrogen-bond donors (Lipinski definition) is 4. The number of aliphatic hydroxyl groups is 4. The number of ether oxygens (including phenoxy) is 2. The minimum Gasteiger partial charge on any atom is -0.394 e. The van der Waals surface area contributed by atoms with Crippen molar-refractivity contribution in [3.05, 3.63) is 118 Å². The summed E-state index contributed by atoms with van der Waals surface area (Å²) in [7, 11) is 0. The predicted molar refractivity (Wildman–Crippen MR) is 217 cm³/mol. The van der Waals surface area contributed by atoms with Crippen molar-refractivity contribution in [2.75, 3.05) is 32.8 Å². The second kappa shape index (κ2) is 20.3. The molecule has 0 amide bonds. The quantitative estimate of drug-likeness (QED) is 0.0872. The maximum absolute atomic E-state index is 14.0. The van der Waals surface area contributed by atoms with E-state index in [1.54, 1.807) is 0 Å². The van der Waals surface area contributed by atoms with Crippen LogP contribution < -0.4 is 5.69 Å². The first-order valence-electron chi connectivity index (χ1n) is 20.9. The van der Waals surface area contributed by atoms with Gasteiger partial charge in [-0.1, -0.05) is 41.6 Å². The fraction of sp³-hybridized carbons (Fsp3) is 0.523. The van der Waals surface area contributed by atoms with Crippen molar-refractivity contribution in [3.8, 4) is 0 Å². The monoisotopic (exact) mass is 818 g/mol. The van der Waals surface area contributed by atoms with Crippen molar-refractivity contribution in [1.29, 1.82) is 0 Å². The molecule has 5 atom stereocenters. The van der Waals surface area contributed by atoms with Crippen molar-refractivity contribution < 1.29 is 38.7 Å². The van der Waals surface area contributed by atoms with Crippen molar-refractivity contribution in [1.82, 2.24) is 29.0 Å². The highest BCUT2D eigenvalue weighted by Gasteiger charge is 2.44. The first kappa shape index (κ1) is 42.8. The van der Waals surface area contributed by atoms with Crippen LogP contribution in [0, 0.1) is 11.6 Å². The molecule has 2 aliphatic rings. The lowest BCUT2D eigenvalue weighted by atomic mass is 9.87. The summed E-state index contributed by atoms with van der Waals surface area (Å²) in [6.45, 7) is 3.75. The molecular formula is C44H56F2N6O7. The molecule has 318 valence electrons. The molecule has 4 N–H and O–H groups in total. The molecule has 4 heterocycles. The maximum Gasteiger partial charge on any atom is 0.329 e. The van der Waals surface area contributed by atoms with Gasteiger partial charge in [0.2, 0.25) is 0 Å². The Morgan fingerprint density at radius 3 is 2.12 bits per heavy atom. The average Bonchev–Trinajstić information content (AvgIpc) is 3.82. The molecule has 2 saturated heterocycles. The number of likely N-dealkylation sites (tertiary alicyclic amines) is 1. The van der Waals surface area contributed by atoms with Gasteiger partial charge in [0.1, 0.15) is 36.1 Å². The third-order valence-electron chi connectivity index (χ3n) is 11.9. The zero-order valence-corrected chi connectivity index (χ0v) is 33.3. The number of unbranched alkanes of at least 4 members (excludes halogenated alkanes) is 2. The predicted octanol–water partition coefficient (Wildman–Crippen LogP) is 4.54. The van der Waals surface area contributed by atoms with Crippen LogP contribution in [-0.2, 0) is 29.0 Å². The van der Waals surface area contributed by atoms with Gasteiger partial charge in [0.05, 0.1) is 29.9 Å². The van der Waals surface area contributed by atoms with Gasteiger partial charge >= 0.3 is 5.69 Å². The molecule has 0 saturated carbocycles. The molecule has 0 unspecified atom stereocenters. The summed E-state index contributed by atoms with van der Waals surface area (Å²) >= 11 is 0. The van der Waals surface area contributed by atoms with Crippen LogP contribution in [0.25, 0.3) is 11.0 Å². The van der Waals surface area contributed by atoms with Crippen LogP contribution in [0.2, 0.25) is 0 Å². The standard InChI is InChI=1S/C44H56F2N6O7/c45-32-16-12-30(13-17-32)36(31-14-18-33(46)19-15-31)9-6-22-49-25-20-35(21-26-49)52-38-11-3-2-10-37(38)51(44(52)57)24-5-1-4-23-50-28-34(47-48-50)8-7-27-58-43-42(56)41(55)40(54)39(29-53)59-43/h2-3,10-19,28,35-36,39-43,53-56H,1,4-9,20-27,29H2/t39-,40-,41+,42+,43-/m1/s1. The van der Waals surface area contributed by atoms with Gasteiger partial charge in [-0.2, -0.15) is 0 Å². The number of halogens is 2. The van der Waals surface area contributed by atoms with Crippen LogP contribution >= 0.6 is 0 Å². The number of hydrogen-bond acceptors (Lipinski definition) is 10. The van der Waals surface area contributed by atoms with Gasteiger partial charge in [0.15, 0.2) is 6.29 Å². The summed E-state index contributed by atoms with van der Waals surface area (Å²) in [6.07, 6.45) is 2.78. The van der Waals surface area contributed by atoms with Gasteiger partial charge in [0, 0.05) is 44.3 Å². The van der Waals surface area contributed by atoms with E-state index in [-0.39, 0.29) is 35.9 Å². The summed E-state index contributed by atoms with van der Waals surface area (Å²) in [5.41, 5.74) is 4.82. The van der Waals surface area contributed by atoms with E-state index in [0.717, 1.165) is 92.4 Å². The highest BCUT2D eigenvalue weighted by molar-refractivity contribution is 5.76. The van der Waals surface area contributed by atoms with E-state index in [4.69, 9.17) is 9.47 Å². The number of imidazole rings is 1. The molecule has 15 heteroatoms. The van der Waals surface area contributed by atoms with Crippen molar-refractivity contribution in [2.45, 2.75) is 114 Å². The van der Waals surface area contributed by atoms with E-state index >= 15 is 0 Å². The highest BCUT2D eigenvalue weighted by atomic mass is 19.1. The Morgan fingerprint density at radius 1 is 0.780 bits per heavy atom. The number of fused-ring (bicyclic) bond motifs is 1. The van der Waals surface area contributed by atoms with Gasteiger partial charge in [-0.05, 0) is 112 Å². The minimum absolute atomic E-state index is 0.0440. The molecule has 13 nitrogen and oxygen atoms in total. The molecule has 0 radical (unpaired) electrons. The van der Waals surface area contributed by atoms with E-state index in [0.29, 0.717) is 25.9 Å². The number of aliphatic hydroxyl groups excluding tert-OH is 4. The lowest BCUT2D eigenvalue weighted by Gasteiger charge is -2.39. The van der Waals surface area contributed by atoms with E-state index in [1.165, 1.54) is 24.3 Å². The molecule has 2 aromatic heterocycles. The van der Waals surface area contributed by atoms with Gasteiger partial charge in [0.25, 0.3) is 0 Å². The molecule has 0 bridgehead atoms. The number of benzene rings is 3. The first-order chi connectivity index (χ1) is 28.7. The Morgan fingerprint density at radius 2 is 1.44 bits per heavy atom. The van der Waals surface area contributed by atoms with E-state index in [1.807, 2.05) is 62.5 Å². The zero-order valence-electron chi connectivity index (χ0n) is 33.3. The number of piperidine rings is 1. The van der Waals surface area contributed by atoms with Gasteiger partial charge < -0.3 is 34.8 Å². The van der Waals surface area contributed by atoms with Crippen LogP contribution in [0.4, 0.5) is 8.78 Å². The van der Waals surface area contributed by atoms with Gasteiger partial charge in [-0.15, -0.1) is 5.10 Å². The van der Waals surface area contributed by atoms with E-state index in [2.05, 4.69) is 21.3 Å². The smallest absolute Gasteiger partial charge is 0.329 e. The largest absolute Gasteiger partial charge is 0.394 e. The number of aromatic nitrogens is 5. The van der Waals surface area contributed by atoms with Crippen LogP contribution in [-0.4, -0.2) is 113 Å². The fourth-order valence-corrected chi connectivity index (χ4v) is 8.58. The molecule has 5 aromatic rings. The lowest BCUT2D eigenvalue weighted by molar-refractivity contribution is -0.301. The molecule has 3 aromatic carbocycles. The minimum atomic E-state index is -1.47. The zero-order chi connectivity index (χ0) is 41.3. The Hall–Kier alpha value is -4.35. The third kappa shape index (κ3) is 10.5. The topological polar surface area (TPSA) is 160 Å². The summed E-state index contributed by atoms with van der Waals surface area (Å²) in [5.74, 6) is -0.494. The molecule has 2 fully saturated rings. The molecular weight excluding hydrogens is 763 g/mol. The van der Waals surface area contributed by atoms with Gasteiger partial charge in [-0.25, -0.2) is 13.6 Å². The van der Waals surface area contributed by atoms with Crippen LogP contribution in [0.5, 0.6) is 0 Å². The van der Waals surface area contributed by atoms with Crippen molar-refractivity contribution >= 4 is 11.0 Å². The average molecular weight is 819 g/mol. The van der Waals surface area contributed by atoms with Crippen LogP contribution in [0.1, 0.15) is 80.1 Å². The maximum atomic E-state index is 14.0. The van der Waals surface area contributed by atoms with Crippen LogP contribution in [0.15, 0.2) is 83.8 Å². The Balaban J connectivity index is 0.847. The van der Waals surface area contributed by atoms with E-state index in [9.17, 15) is 34.0 Å². The molecule has 2 aliphatic heterocycles. The highest BCUT2D eigenvalue weighted by Crippen LogP contribution is 2.31. The fourth-order valence-electron chi connectivity index (χ4n) is 8.58. The molecule has 59 heavy (non-hydrogen) atoms.